The number of aromatic hydroxyl groups is 1. The van der Waals surface area contributed by atoms with Crippen molar-refractivity contribution in [3.8, 4) is 5.75 Å². The fraction of sp³-hybridized carbons (Fsp3) is 0.667. The van der Waals surface area contributed by atoms with Crippen LogP contribution in [0.3, 0.4) is 0 Å². The van der Waals surface area contributed by atoms with Crippen molar-refractivity contribution >= 4 is 0 Å². The zero-order valence-electron chi connectivity index (χ0n) is 14.3. The number of rotatable bonds is 9. The standard InChI is InChI=1S/C18H32N2O/c1-6-13-19-17(18(4,5)20(7-2)8-3)14-15-9-11-16(21)12-10-15/h9-12,17,19,21H,6-8,13-14H2,1-5H3. The summed E-state index contributed by atoms with van der Waals surface area (Å²) in [5.74, 6) is 0.333. The Bertz CT molecular complexity index is 396. The molecule has 0 amide bonds. The quantitative estimate of drug-likeness (QED) is 0.732. The van der Waals surface area contributed by atoms with Crippen LogP contribution in [0.4, 0.5) is 0 Å². The molecular weight excluding hydrogens is 260 g/mol. The van der Waals surface area contributed by atoms with Crippen LogP contribution in [0.2, 0.25) is 0 Å². The molecule has 0 aromatic heterocycles. The first-order valence-corrected chi connectivity index (χ1v) is 8.22. The predicted molar refractivity (Wildman–Crippen MR) is 90.9 cm³/mol. The Labute approximate surface area is 130 Å². The third kappa shape index (κ3) is 5.01. The van der Waals surface area contributed by atoms with Crippen molar-refractivity contribution in [1.82, 2.24) is 10.2 Å². The number of phenols is 1. The maximum Gasteiger partial charge on any atom is 0.115 e. The van der Waals surface area contributed by atoms with Crippen LogP contribution in [0.15, 0.2) is 24.3 Å². The normalized spacial score (nSPS) is 13.6. The third-order valence-corrected chi connectivity index (χ3v) is 4.45. The van der Waals surface area contributed by atoms with E-state index in [4.69, 9.17) is 0 Å². The van der Waals surface area contributed by atoms with E-state index < -0.39 is 0 Å². The summed E-state index contributed by atoms with van der Waals surface area (Å²) in [7, 11) is 0. The van der Waals surface area contributed by atoms with Gasteiger partial charge in [-0.3, -0.25) is 4.90 Å². The van der Waals surface area contributed by atoms with Gasteiger partial charge in [-0.1, -0.05) is 32.9 Å². The Morgan fingerprint density at radius 3 is 2.14 bits per heavy atom. The van der Waals surface area contributed by atoms with Crippen LogP contribution in [0, 0.1) is 0 Å². The summed E-state index contributed by atoms with van der Waals surface area (Å²) in [5.41, 5.74) is 1.36. The predicted octanol–water partition coefficient (Wildman–Crippen LogP) is 3.42. The van der Waals surface area contributed by atoms with Crippen LogP contribution < -0.4 is 5.32 Å². The minimum atomic E-state index is 0.0938. The van der Waals surface area contributed by atoms with Gasteiger partial charge in [0.2, 0.25) is 0 Å². The molecule has 120 valence electrons. The molecule has 21 heavy (non-hydrogen) atoms. The van der Waals surface area contributed by atoms with E-state index >= 15 is 0 Å². The van der Waals surface area contributed by atoms with Crippen molar-refractivity contribution in [2.75, 3.05) is 19.6 Å². The molecule has 0 spiro atoms. The van der Waals surface area contributed by atoms with Crippen LogP contribution >= 0.6 is 0 Å². The molecule has 0 aliphatic heterocycles. The molecule has 1 atom stereocenters. The van der Waals surface area contributed by atoms with Crippen molar-refractivity contribution < 1.29 is 5.11 Å². The summed E-state index contributed by atoms with van der Waals surface area (Å²) in [4.78, 5) is 2.51. The van der Waals surface area contributed by atoms with Crippen molar-refractivity contribution in [2.24, 2.45) is 0 Å². The number of phenolic OH excluding ortho intramolecular Hbond substituents is 1. The van der Waals surface area contributed by atoms with Crippen molar-refractivity contribution in [2.45, 2.75) is 59.0 Å². The molecule has 1 aromatic carbocycles. The summed E-state index contributed by atoms with van der Waals surface area (Å²) in [5, 5.41) is 13.2. The lowest BCUT2D eigenvalue weighted by Gasteiger charge is -2.44. The van der Waals surface area contributed by atoms with Crippen LogP contribution in [0.1, 0.15) is 46.6 Å². The average molecular weight is 292 g/mol. The van der Waals surface area contributed by atoms with Crippen LogP contribution in [-0.2, 0) is 6.42 Å². The minimum absolute atomic E-state index is 0.0938. The monoisotopic (exact) mass is 292 g/mol. The smallest absolute Gasteiger partial charge is 0.115 e. The first-order valence-electron chi connectivity index (χ1n) is 8.22. The third-order valence-electron chi connectivity index (χ3n) is 4.45. The van der Waals surface area contributed by atoms with E-state index in [1.807, 2.05) is 12.1 Å². The number of hydrogen-bond donors (Lipinski definition) is 2. The number of likely N-dealkylation sites (N-methyl/N-ethyl adjacent to an activating group) is 1. The van der Waals surface area contributed by atoms with E-state index in [2.05, 4.69) is 44.8 Å². The molecule has 0 aliphatic rings. The zero-order valence-corrected chi connectivity index (χ0v) is 14.3. The van der Waals surface area contributed by atoms with Gasteiger partial charge in [0.05, 0.1) is 0 Å². The number of nitrogens with one attached hydrogen (secondary N) is 1. The Morgan fingerprint density at radius 2 is 1.67 bits per heavy atom. The number of benzene rings is 1. The van der Waals surface area contributed by atoms with E-state index in [1.54, 1.807) is 12.1 Å². The lowest BCUT2D eigenvalue weighted by atomic mass is 9.87. The molecule has 0 saturated heterocycles. The molecule has 0 aliphatic carbocycles. The van der Waals surface area contributed by atoms with Crippen LogP contribution in [0.25, 0.3) is 0 Å². The topological polar surface area (TPSA) is 35.5 Å². The number of hydrogen-bond acceptors (Lipinski definition) is 3. The van der Waals surface area contributed by atoms with E-state index in [-0.39, 0.29) is 5.54 Å². The second-order valence-electron chi connectivity index (χ2n) is 6.20. The lowest BCUT2D eigenvalue weighted by molar-refractivity contribution is 0.0911. The van der Waals surface area contributed by atoms with Crippen LogP contribution in [0.5, 0.6) is 5.75 Å². The van der Waals surface area contributed by atoms with Gasteiger partial charge >= 0.3 is 0 Å². The summed E-state index contributed by atoms with van der Waals surface area (Å²) in [6.45, 7) is 14.5. The molecule has 0 radical (unpaired) electrons. The second kappa shape index (κ2) is 8.40. The highest BCUT2D eigenvalue weighted by atomic mass is 16.3. The molecule has 2 N–H and O–H groups in total. The van der Waals surface area contributed by atoms with Gasteiger partial charge in [-0.15, -0.1) is 0 Å². The van der Waals surface area contributed by atoms with Gasteiger partial charge in [0.25, 0.3) is 0 Å². The first-order chi connectivity index (χ1) is 9.95. The summed E-state index contributed by atoms with van der Waals surface area (Å²) >= 11 is 0. The largest absolute Gasteiger partial charge is 0.508 e. The molecule has 3 nitrogen and oxygen atoms in total. The van der Waals surface area contributed by atoms with Crippen molar-refractivity contribution in [3.05, 3.63) is 29.8 Å². The van der Waals surface area contributed by atoms with Gasteiger partial charge in [0.1, 0.15) is 5.75 Å². The lowest BCUT2D eigenvalue weighted by Crippen LogP contribution is -2.58. The Hall–Kier alpha value is -1.06. The molecule has 1 rings (SSSR count). The summed E-state index contributed by atoms with van der Waals surface area (Å²) in [6, 6.07) is 7.98. The fourth-order valence-corrected chi connectivity index (χ4v) is 3.02. The Morgan fingerprint density at radius 1 is 1.10 bits per heavy atom. The highest BCUT2D eigenvalue weighted by Crippen LogP contribution is 2.23. The average Bonchev–Trinajstić information content (AvgIpc) is 2.46. The fourth-order valence-electron chi connectivity index (χ4n) is 3.02. The molecule has 3 heteroatoms. The maximum atomic E-state index is 9.43. The first kappa shape index (κ1) is 18.0. The minimum Gasteiger partial charge on any atom is -0.508 e. The highest BCUT2D eigenvalue weighted by Gasteiger charge is 2.33. The molecule has 0 fully saturated rings. The van der Waals surface area contributed by atoms with E-state index in [9.17, 15) is 5.11 Å². The van der Waals surface area contributed by atoms with Gasteiger partial charge in [-0.2, -0.15) is 0 Å². The molecular formula is C18H32N2O. The SMILES string of the molecule is CCCNC(Cc1ccc(O)cc1)C(C)(C)N(CC)CC. The molecule has 1 aromatic rings. The molecule has 0 saturated carbocycles. The maximum absolute atomic E-state index is 9.43. The Balaban J connectivity index is 2.90. The van der Waals surface area contributed by atoms with E-state index in [0.29, 0.717) is 11.8 Å². The van der Waals surface area contributed by atoms with Gasteiger partial charge in [0.15, 0.2) is 0 Å². The van der Waals surface area contributed by atoms with Gasteiger partial charge in [-0.25, -0.2) is 0 Å². The second-order valence-corrected chi connectivity index (χ2v) is 6.20. The van der Waals surface area contributed by atoms with Gasteiger partial charge in [0, 0.05) is 11.6 Å². The van der Waals surface area contributed by atoms with Gasteiger partial charge < -0.3 is 10.4 Å². The zero-order chi connectivity index (χ0) is 15.9. The Kier molecular flexibility index (Phi) is 7.20. The van der Waals surface area contributed by atoms with Crippen LogP contribution in [-0.4, -0.2) is 41.2 Å². The van der Waals surface area contributed by atoms with Crippen molar-refractivity contribution in [1.29, 1.82) is 0 Å². The van der Waals surface area contributed by atoms with E-state index in [0.717, 1.165) is 32.5 Å². The molecule has 1 unspecified atom stereocenters. The molecule has 0 bridgehead atoms. The number of nitrogens with zero attached hydrogens (tertiary/aromatic N) is 1. The summed E-state index contributed by atoms with van der Waals surface area (Å²) in [6.07, 6.45) is 2.12. The van der Waals surface area contributed by atoms with Crippen molar-refractivity contribution in [3.63, 3.8) is 0 Å². The summed E-state index contributed by atoms with van der Waals surface area (Å²) < 4.78 is 0. The highest BCUT2D eigenvalue weighted by molar-refractivity contribution is 5.27. The van der Waals surface area contributed by atoms with Gasteiger partial charge in [-0.05, 0) is 64.0 Å². The van der Waals surface area contributed by atoms with E-state index in [1.165, 1.54) is 5.56 Å². The molecule has 0 heterocycles.